The summed E-state index contributed by atoms with van der Waals surface area (Å²) in [5.41, 5.74) is 0.144. The van der Waals surface area contributed by atoms with Crippen molar-refractivity contribution in [1.29, 1.82) is 0 Å². The Morgan fingerprint density at radius 3 is 2.90 bits per heavy atom. The summed E-state index contributed by atoms with van der Waals surface area (Å²) in [4.78, 5) is 19.4. The van der Waals surface area contributed by atoms with Crippen LogP contribution in [0.15, 0.2) is 51.9 Å². The lowest BCUT2D eigenvalue weighted by Gasteiger charge is -2.09. The number of aromatic nitrogens is 3. The van der Waals surface area contributed by atoms with E-state index in [9.17, 15) is 10.0 Å². The number of nitrogens with zero attached hydrogens (tertiary/aromatic N) is 3. The van der Waals surface area contributed by atoms with Gasteiger partial charge >= 0.3 is 5.69 Å². The van der Waals surface area contributed by atoms with Crippen LogP contribution in [0.3, 0.4) is 0 Å². The molecule has 100 valence electrons. The molecular weight excluding hydrogens is 324 g/mol. The van der Waals surface area contributed by atoms with Gasteiger partial charge in [-0.2, -0.15) is 4.98 Å². The van der Waals surface area contributed by atoms with Gasteiger partial charge in [-0.05, 0) is 30.3 Å². The van der Waals surface area contributed by atoms with E-state index in [4.69, 9.17) is 0 Å². The van der Waals surface area contributed by atoms with Gasteiger partial charge in [-0.1, -0.05) is 22.0 Å². The molecule has 0 radical (unpaired) electrons. The molecule has 0 aliphatic carbocycles. The number of hydrogen-bond acceptors (Lipinski definition) is 5. The summed E-state index contributed by atoms with van der Waals surface area (Å²) in [6, 6.07) is 10.9. The second-order valence-corrected chi connectivity index (χ2v) is 4.98. The van der Waals surface area contributed by atoms with Crippen LogP contribution in [0, 0.1) is 0 Å². The van der Waals surface area contributed by atoms with Crippen LogP contribution in [0.2, 0.25) is 0 Å². The number of pyridine rings is 1. The fraction of sp³-hybridized carbons (Fsp3) is 0. The van der Waals surface area contributed by atoms with Crippen LogP contribution in [0.25, 0.3) is 11.0 Å². The minimum atomic E-state index is -0.784. The van der Waals surface area contributed by atoms with Crippen LogP contribution in [0.1, 0.15) is 0 Å². The van der Waals surface area contributed by atoms with Gasteiger partial charge in [-0.3, -0.25) is 0 Å². The molecule has 7 heteroatoms. The maximum atomic E-state index is 11.6. The molecule has 0 amide bonds. The fourth-order valence-corrected chi connectivity index (χ4v) is 2.24. The Morgan fingerprint density at radius 2 is 2.10 bits per heavy atom. The Labute approximate surface area is 121 Å². The first-order chi connectivity index (χ1) is 9.65. The van der Waals surface area contributed by atoms with E-state index < -0.39 is 5.69 Å². The molecule has 0 bridgehead atoms. The summed E-state index contributed by atoms with van der Waals surface area (Å²) in [5, 5.41) is 13.2. The molecule has 0 spiro atoms. The smallest absolute Gasteiger partial charge is 0.384 e. The second-order valence-electron chi connectivity index (χ2n) is 4.06. The van der Waals surface area contributed by atoms with Crippen molar-refractivity contribution < 1.29 is 5.21 Å². The number of fused-ring (bicyclic) bond motifs is 1. The van der Waals surface area contributed by atoms with Gasteiger partial charge < -0.3 is 10.5 Å². The molecule has 3 rings (SSSR count). The zero-order chi connectivity index (χ0) is 14.1. The Hall–Kier alpha value is -2.41. The number of nitrogens with one attached hydrogen (secondary N) is 1. The zero-order valence-electron chi connectivity index (χ0n) is 10.1. The largest absolute Gasteiger partial charge is 0.422 e. The molecule has 0 saturated heterocycles. The van der Waals surface area contributed by atoms with Crippen LogP contribution in [0.4, 0.5) is 11.5 Å². The predicted molar refractivity (Wildman–Crippen MR) is 78.4 cm³/mol. The molecule has 2 N–H and O–H groups in total. The van der Waals surface area contributed by atoms with Crippen molar-refractivity contribution in [2.45, 2.75) is 0 Å². The Balaban J connectivity index is 2.17. The molecule has 0 aliphatic heterocycles. The average molecular weight is 333 g/mol. The number of anilines is 2. The van der Waals surface area contributed by atoms with Crippen molar-refractivity contribution in [2.75, 3.05) is 5.32 Å². The van der Waals surface area contributed by atoms with Gasteiger partial charge in [0.25, 0.3) is 0 Å². The quantitative estimate of drug-likeness (QED) is 0.705. The third-order valence-corrected chi connectivity index (χ3v) is 3.21. The minimum absolute atomic E-state index is 0.157. The maximum Gasteiger partial charge on any atom is 0.384 e. The molecule has 0 fully saturated rings. The lowest BCUT2D eigenvalue weighted by Crippen LogP contribution is -2.23. The Kier molecular flexibility index (Phi) is 3.11. The highest BCUT2D eigenvalue weighted by atomic mass is 79.9. The summed E-state index contributed by atoms with van der Waals surface area (Å²) in [5.74, 6) is 0.349. The third kappa shape index (κ3) is 2.23. The zero-order valence-corrected chi connectivity index (χ0v) is 11.7. The standard InChI is InChI=1S/C13H9BrN4O2/c14-8-3-1-4-9(7-8)16-11-10-5-2-6-15-12(10)18(20)13(19)17-11/h1-7,20H,(H,16,17,19). The van der Waals surface area contributed by atoms with Crippen LogP contribution >= 0.6 is 15.9 Å². The van der Waals surface area contributed by atoms with Gasteiger partial charge in [0, 0.05) is 16.4 Å². The van der Waals surface area contributed by atoms with Gasteiger partial charge in [-0.25, -0.2) is 9.78 Å². The topological polar surface area (TPSA) is 80.0 Å². The normalized spacial score (nSPS) is 10.7. The number of hydrogen-bond donors (Lipinski definition) is 2. The van der Waals surface area contributed by atoms with Crippen LogP contribution < -0.4 is 11.0 Å². The van der Waals surface area contributed by atoms with E-state index in [0.717, 1.165) is 10.2 Å². The maximum absolute atomic E-state index is 11.6. The van der Waals surface area contributed by atoms with Crippen molar-refractivity contribution in [1.82, 2.24) is 14.7 Å². The highest BCUT2D eigenvalue weighted by molar-refractivity contribution is 9.10. The summed E-state index contributed by atoms with van der Waals surface area (Å²) >= 11 is 3.37. The predicted octanol–water partition coefficient (Wildman–Crippen LogP) is 2.53. The summed E-state index contributed by atoms with van der Waals surface area (Å²) < 4.78 is 1.34. The molecule has 6 nitrogen and oxygen atoms in total. The van der Waals surface area contributed by atoms with Crippen molar-refractivity contribution in [3.05, 3.63) is 57.6 Å². The molecule has 0 saturated carbocycles. The minimum Gasteiger partial charge on any atom is -0.422 e. The number of rotatable bonds is 2. The van der Waals surface area contributed by atoms with Gasteiger partial charge in [0.05, 0.1) is 5.39 Å². The van der Waals surface area contributed by atoms with Gasteiger partial charge in [0.15, 0.2) is 5.65 Å². The first-order valence-corrected chi connectivity index (χ1v) is 6.54. The van der Waals surface area contributed by atoms with E-state index in [1.54, 1.807) is 12.1 Å². The second kappa shape index (κ2) is 4.93. The highest BCUT2D eigenvalue weighted by Gasteiger charge is 2.10. The summed E-state index contributed by atoms with van der Waals surface area (Å²) in [6.07, 6.45) is 1.50. The van der Waals surface area contributed by atoms with E-state index in [2.05, 4.69) is 31.2 Å². The van der Waals surface area contributed by atoms with E-state index in [0.29, 0.717) is 15.9 Å². The Bertz CT molecular complexity index is 847. The van der Waals surface area contributed by atoms with Crippen LogP contribution in [-0.4, -0.2) is 19.9 Å². The van der Waals surface area contributed by atoms with E-state index in [-0.39, 0.29) is 5.65 Å². The lowest BCUT2D eigenvalue weighted by molar-refractivity contribution is 0.182. The fourth-order valence-electron chi connectivity index (χ4n) is 1.84. The molecule has 0 unspecified atom stereocenters. The van der Waals surface area contributed by atoms with Crippen molar-refractivity contribution >= 4 is 38.5 Å². The molecular formula is C13H9BrN4O2. The molecule has 20 heavy (non-hydrogen) atoms. The molecule has 1 aromatic carbocycles. The summed E-state index contributed by atoms with van der Waals surface area (Å²) in [7, 11) is 0. The van der Waals surface area contributed by atoms with Crippen LogP contribution in [0.5, 0.6) is 0 Å². The molecule has 2 aromatic heterocycles. The molecule has 3 aromatic rings. The first kappa shape index (κ1) is 12.6. The SMILES string of the molecule is O=c1nc(Nc2cccc(Br)c2)c2cccnc2n1O. The Morgan fingerprint density at radius 1 is 1.25 bits per heavy atom. The van der Waals surface area contributed by atoms with Gasteiger partial charge in [-0.15, -0.1) is 4.73 Å². The van der Waals surface area contributed by atoms with Crippen molar-refractivity contribution in [2.24, 2.45) is 0 Å². The van der Waals surface area contributed by atoms with Gasteiger partial charge in [0.2, 0.25) is 0 Å². The van der Waals surface area contributed by atoms with Crippen LogP contribution in [-0.2, 0) is 0 Å². The molecule has 2 heterocycles. The summed E-state index contributed by atoms with van der Waals surface area (Å²) in [6.45, 7) is 0. The van der Waals surface area contributed by atoms with E-state index in [1.165, 1.54) is 6.20 Å². The molecule has 0 atom stereocenters. The van der Waals surface area contributed by atoms with Crippen molar-refractivity contribution in [3.63, 3.8) is 0 Å². The van der Waals surface area contributed by atoms with Crippen molar-refractivity contribution in [3.8, 4) is 0 Å². The number of benzene rings is 1. The highest BCUT2D eigenvalue weighted by Crippen LogP contribution is 2.23. The molecule has 0 aliphatic rings. The third-order valence-electron chi connectivity index (χ3n) is 2.72. The monoisotopic (exact) mass is 332 g/mol. The average Bonchev–Trinajstić information content (AvgIpc) is 2.45. The van der Waals surface area contributed by atoms with E-state index in [1.807, 2.05) is 24.3 Å². The number of halogens is 1. The first-order valence-electron chi connectivity index (χ1n) is 5.75. The lowest BCUT2D eigenvalue weighted by atomic mass is 10.3. The van der Waals surface area contributed by atoms with E-state index >= 15 is 0 Å². The van der Waals surface area contributed by atoms with Gasteiger partial charge in [0.1, 0.15) is 5.82 Å².